The summed E-state index contributed by atoms with van der Waals surface area (Å²) >= 11 is 0. The van der Waals surface area contributed by atoms with Crippen molar-refractivity contribution < 1.29 is 29.2 Å². The van der Waals surface area contributed by atoms with E-state index in [4.69, 9.17) is 9.84 Å². The fourth-order valence-electron chi connectivity index (χ4n) is 1.91. The first-order valence-electron chi connectivity index (χ1n) is 7.17. The number of non-ortho nitro benzene ring substituents is 1. The number of carbonyl (C=O) groups excluding carboxylic acids is 2. The third-order valence-corrected chi connectivity index (χ3v) is 3.14. The average Bonchev–Trinajstić information content (AvgIpc) is 2.64. The fourth-order valence-corrected chi connectivity index (χ4v) is 1.91. The Balaban J connectivity index is 1.86. The average molecular weight is 359 g/mol. The van der Waals surface area contributed by atoms with Gasteiger partial charge in [-0.25, -0.2) is 4.79 Å². The normalized spacial score (nSPS) is 9.85. The SMILES string of the molecule is O=C(COc1ccc([N+](=O)[O-])cc1)NNC(=O)c1ccccc1C(=O)O. The second-order valence-corrected chi connectivity index (χ2v) is 4.89. The number of carbonyl (C=O) groups is 3. The molecule has 2 amide bonds. The number of nitro groups is 1. The highest BCUT2D eigenvalue weighted by atomic mass is 16.6. The fraction of sp³-hybridized carbons (Fsp3) is 0.0625. The molecule has 2 aromatic rings. The van der Waals surface area contributed by atoms with Crippen LogP contribution in [-0.2, 0) is 4.79 Å². The molecule has 0 spiro atoms. The molecule has 2 rings (SSSR count). The van der Waals surface area contributed by atoms with E-state index in [9.17, 15) is 24.5 Å². The summed E-state index contributed by atoms with van der Waals surface area (Å²) in [5, 5.41) is 19.6. The van der Waals surface area contributed by atoms with Crippen LogP contribution in [0.3, 0.4) is 0 Å². The molecular formula is C16H13N3O7. The van der Waals surface area contributed by atoms with E-state index in [0.717, 1.165) is 0 Å². The van der Waals surface area contributed by atoms with Crippen molar-refractivity contribution in [3.05, 3.63) is 69.8 Å². The Bertz CT molecular complexity index is 849. The summed E-state index contributed by atoms with van der Waals surface area (Å²) in [6.07, 6.45) is 0. The maximum atomic E-state index is 12.0. The number of ether oxygens (including phenoxy) is 1. The van der Waals surface area contributed by atoms with Gasteiger partial charge in [0.05, 0.1) is 16.1 Å². The number of benzene rings is 2. The van der Waals surface area contributed by atoms with Crippen LogP contribution in [0.15, 0.2) is 48.5 Å². The molecule has 0 saturated heterocycles. The van der Waals surface area contributed by atoms with Crippen molar-refractivity contribution in [2.24, 2.45) is 0 Å². The van der Waals surface area contributed by atoms with E-state index in [1.54, 1.807) is 0 Å². The van der Waals surface area contributed by atoms with Crippen LogP contribution in [0.25, 0.3) is 0 Å². The summed E-state index contributed by atoms with van der Waals surface area (Å²) in [5.74, 6) is -2.55. The molecule has 0 saturated carbocycles. The van der Waals surface area contributed by atoms with Crippen LogP contribution in [0.4, 0.5) is 5.69 Å². The van der Waals surface area contributed by atoms with E-state index >= 15 is 0 Å². The summed E-state index contributed by atoms with van der Waals surface area (Å²) < 4.78 is 5.12. The van der Waals surface area contributed by atoms with Gasteiger partial charge in [0, 0.05) is 12.1 Å². The van der Waals surface area contributed by atoms with Gasteiger partial charge in [-0.1, -0.05) is 12.1 Å². The Hall–Kier alpha value is -3.95. The molecule has 0 bridgehead atoms. The zero-order valence-electron chi connectivity index (χ0n) is 13.2. The summed E-state index contributed by atoms with van der Waals surface area (Å²) in [5.41, 5.74) is 3.72. The van der Waals surface area contributed by atoms with Gasteiger partial charge in [0.2, 0.25) is 0 Å². The van der Waals surface area contributed by atoms with Crippen LogP contribution >= 0.6 is 0 Å². The van der Waals surface area contributed by atoms with Crippen molar-refractivity contribution in [2.45, 2.75) is 0 Å². The quantitative estimate of drug-likeness (QED) is 0.517. The Morgan fingerprint density at radius 3 is 2.19 bits per heavy atom. The minimum absolute atomic E-state index is 0.114. The minimum atomic E-state index is -1.27. The second kappa shape index (κ2) is 8.24. The molecule has 0 radical (unpaired) electrons. The van der Waals surface area contributed by atoms with Crippen LogP contribution in [0.1, 0.15) is 20.7 Å². The third-order valence-electron chi connectivity index (χ3n) is 3.14. The highest BCUT2D eigenvalue weighted by Crippen LogP contribution is 2.17. The molecule has 0 atom stereocenters. The number of aromatic carboxylic acids is 1. The molecule has 0 aliphatic heterocycles. The standard InChI is InChI=1S/C16H13N3O7/c20-14(9-26-11-7-5-10(6-8-11)19(24)25)17-18-15(21)12-3-1-2-4-13(12)16(22)23/h1-8H,9H2,(H,17,20)(H,18,21)(H,22,23). The lowest BCUT2D eigenvalue weighted by Gasteiger charge is -2.10. The van der Waals surface area contributed by atoms with Crippen molar-refractivity contribution >= 4 is 23.5 Å². The van der Waals surface area contributed by atoms with Crippen molar-refractivity contribution in [1.82, 2.24) is 10.9 Å². The van der Waals surface area contributed by atoms with Gasteiger partial charge in [0.1, 0.15) is 5.75 Å². The molecular weight excluding hydrogens is 346 g/mol. The molecule has 0 aromatic heterocycles. The number of rotatable bonds is 6. The number of nitrogens with zero attached hydrogens (tertiary/aromatic N) is 1. The molecule has 134 valence electrons. The first kappa shape index (κ1) is 18.4. The Kier molecular flexibility index (Phi) is 5.83. The summed E-state index contributed by atoms with van der Waals surface area (Å²) in [7, 11) is 0. The molecule has 10 nitrogen and oxygen atoms in total. The van der Waals surface area contributed by atoms with Crippen molar-refractivity contribution in [2.75, 3.05) is 6.61 Å². The minimum Gasteiger partial charge on any atom is -0.484 e. The van der Waals surface area contributed by atoms with E-state index in [2.05, 4.69) is 10.9 Å². The molecule has 0 fully saturated rings. The predicted octanol–water partition coefficient (Wildman–Crippen LogP) is 1.13. The zero-order chi connectivity index (χ0) is 19.1. The van der Waals surface area contributed by atoms with Gasteiger partial charge in [0.15, 0.2) is 6.61 Å². The molecule has 26 heavy (non-hydrogen) atoms. The molecule has 3 N–H and O–H groups in total. The number of hydrogen-bond acceptors (Lipinski definition) is 6. The lowest BCUT2D eigenvalue weighted by atomic mass is 10.1. The van der Waals surface area contributed by atoms with E-state index in [-0.39, 0.29) is 22.6 Å². The number of hydrogen-bond donors (Lipinski definition) is 3. The van der Waals surface area contributed by atoms with Crippen molar-refractivity contribution in [3.63, 3.8) is 0 Å². The summed E-state index contributed by atoms with van der Waals surface area (Å²) in [6.45, 7) is -0.460. The van der Waals surface area contributed by atoms with Gasteiger partial charge < -0.3 is 9.84 Å². The summed E-state index contributed by atoms with van der Waals surface area (Å²) in [6, 6.07) is 10.6. The van der Waals surface area contributed by atoms with Gasteiger partial charge in [-0.3, -0.25) is 30.6 Å². The van der Waals surface area contributed by atoms with Crippen LogP contribution in [-0.4, -0.2) is 34.4 Å². The lowest BCUT2D eigenvalue weighted by molar-refractivity contribution is -0.384. The summed E-state index contributed by atoms with van der Waals surface area (Å²) in [4.78, 5) is 44.7. The maximum absolute atomic E-state index is 12.0. The Labute approximate surface area is 146 Å². The van der Waals surface area contributed by atoms with E-state index in [0.29, 0.717) is 0 Å². The highest BCUT2D eigenvalue weighted by molar-refractivity contribution is 6.05. The largest absolute Gasteiger partial charge is 0.484 e. The smallest absolute Gasteiger partial charge is 0.336 e. The van der Waals surface area contributed by atoms with Gasteiger partial charge >= 0.3 is 5.97 Å². The van der Waals surface area contributed by atoms with Crippen LogP contribution in [0.2, 0.25) is 0 Å². The van der Waals surface area contributed by atoms with E-state index in [1.807, 2.05) is 0 Å². The van der Waals surface area contributed by atoms with Crippen LogP contribution in [0.5, 0.6) is 5.75 Å². The monoisotopic (exact) mass is 359 g/mol. The second-order valence-electron chi connectivity index (χ2n) is 4.89. The van der Waals surface area contributed by atoms with E-state index in [1.165, 1.54) is 48.5 Å². The molecule has 0 heterocycles. The lowest BCUT2D eigenvalue weighted by Crippen LogP contribution is -2.44. The molecule has 0 unspecified atom stereocenters. The van der Waals surface area contributed by atoms with Gasteiger partial charge in [0.25, 0.3) is 17.5 Å². The number of carboxylic acids is 1. The van der Waals surface area contributed by atoms with Crippen molar-refractivity contribution in [1.29, 1.82) is 0 Å². The highest BCUT2D eigenvalue weighted by Gasteiger charge is 2.16. The molecule has 10 heteroatoms. The van der Waals surface area contributed by atoms with Gasteiger partial charge in [-0.05, 0) is 24.3 Å². The number of amides is 2. The van der Waals surface area contributed by atoms with Crippen LogP contribution in [0, 0.1) is 10.1 Å². The zero-order valence-corrected chi connectivity index (χ0v) is 13.2. The number of hydrazine groups is 1. The maximum Gasteiger partial charge on any atom is 0.336 e. The third kappa shape index (κ3) is 4.77. The molecule has 0 aliphatic carbocycles. The first-order chi connectivity index (χ1) is 12.4. The predicted molar refractivity (Wildman–Crippen MR) is 87.6 cm³/mol. The van der Waals surface area contributed by atoms with Crippen LogP contribution < -0.4 is 15.6 Å². The topological polar surface area (TPSA) is 148 Å². The Morgan fingerprint density at radius 1 is 1.00 bits per heavy atom. The van der Waals surface area contributed by atoms with Crippen molar-refractivity contribution in [3.8, 4) is 5.75 Å². The molecule has 0 aliphatic rings. The van der Waals surface area contributed by atoms with E-state index < -0.39 is 29.3 Å². The number of carboxylic acid groups (broad SMARTS) is 1. The first-order valence-corrected chi connectivity index (χ1v) is 7.17. The number of nitro benzene ring substituents is 1. The molecule has 2 aromatic carbocycles. The van der Waals surface area contributed by atoms with Gasteiger partial charge in [-0.15, -0.1) is 0 Å². The van der Waals surface area contributed by atoms with Gasteiger partial charge in [-0.2, -0.15) is 0 Å². The Morgan fingerprint density at radius 2 is 1.62 bits per heavy atom. The number of nitrogens with one attached hydrogen (secondary N) is 2.